The van der Waals surface area contributed by atoms with Gasteiger partial charge < -0.3 is 45.1 Å². The molecule has 11 nitrogen and oxygen atoms in total. The van der Waals surface area contributed by atoms with Crippen LogP contribution in [0.4, 0.5) is 0 Å². The average Bonchev–Trinajstić information content (AvgIpc) is 3.34. The fraction of sp³-hybridized carbons (Fsp3) is 0.724. The summed E-state index contributed by atoms with van der Waals surface area (Å²) in [6, 6.07) is -0.848. The Kier molecular flexibility index (Phi) is 43.7. The van der Waals surface area contributed by atoms with Crippen LogP contribution in [0.5, 0.6) is 0 Å². The number of nitrogens with one attached hydrogen (secondary N) is 1. The Morgan fingerprint density at radius 2 is 1.03 bits per heavy atom. The molecule has 7 unspecified atom stereocenters. The number of hydrogen-bond donors (Lipinski definition) is 6. The summed E-state index contributed by atoms with van der Waals surface area (Å²) < 4.78 is 16.6. The Labute approximate surface area is 419 Å². The van der Waals surface area contributed by atoms with Crippen LogP contribution in [0.2, 0.25) is 0 Å². The molecule has 1 heterocycles. The van der Waals surface area contributed by atoms with Crippen LogP contribution in [0.3, 0.4) is 0 Å². The average molecular weight is 970 g/mol. The van der Waals surface area contributed by atoms with Gasteiger partial charge >= 0.3 is 5.97 Å². The minimum Gasteiger partial charge on any atom is -0.466 e. The van der Waals surface area contributed by atoms with E-state index in [2.05, 4.69) is 92.1 Å². The third-order valence-electron chi connectivity index (χ3n) is 12.2. The number of amides is 1. The van der Waals surface area contributed by atoms with Gasteiger partial charge in [-0.1, -0.05) is 163 Å². The van der Waals surface area contributed by atoms with Gasteiger partial charge in [-0.3, -0.25) is 9.59 Å². The molecule has 7 atom stereocenters. The molecule has 11 heteroatoms. The van der Waals surface area contributed by atoms with Crippen LogP contribution in [0, 0.1) is 0 Å². The summed E-state index contributed by atoms with van der Waals surface area (Å²) in [5.74, 6) is -0.268. The van der Waals surface area contributed by atoms with Crippen molar-refractivity contribution in [1.29, 1.82) is 0 Å². The van der Waals surface area contributed by atoms with Crippen LogP contribution in [0.1, 0.15) is 206 Å². The first kappa shape index (κ1) is 63.9. The molecular formula is C58H99NO10. The summed E-state index contributed by atoms with van der Waals surface area (Å²) in [5.41, 5.74) is 0. The molecule has 1 amide bonds. The lowest BCUT2D eigenvalue weighted by molar-refractivity contribution is -0.302. The monoisotopic (exact) mass is 970 g/mol. The van der Waals surface area contributed by atoms with Crippen LogP contribution in [0.25, 0.3) is 0 Å². The molecule has 0 aliphatic carbocycles. The third kappa shape index (κ3) is 37.3. The fourth-order valence-corrected chi connectivity index (χ4v) is 7.81. The number of aliphatic hydroxyl groups is 5. The predicted molar refractivity (Wildman–Crippen MR) is 282 cm³/mol. The van der Waals surface area contributed by atoms with Gasteiger partial charge in [0, 0.05) is 12.8 Å². The van der Waals surface area contributed by atoms with Crippen molar-refractivity contribution in [3.05, 3.63) is 85.1 Å². The highest BCUT2D eigenvalue weighted by molar-refractivity contribution is 5.76. The zero-order chi connectivity index (χ0) is 50.3. The molecule has 0 aromatic heterocycles. The molecule has 6 N–H and O–H groups in total. The van der Waals surface area contributed by atoms with E-state index < -0.39 is 49.5 Å². The van der Waals surface area contributed by atoms with Gasteiger partial charge in [-0.05, 0) is 116 Å². The summed E-state index contributed by atoms with van der Waals surface area (Å²) >= 11 is 0. The van der Waals surface area contributed by atoms with Crippen LogP contribution >= 0.6 is 0 Å². The maximum atomic E-state index is 13.0. The fourth-order valence-electron chi connectivity index (χ4n) is 7.81. The van der Waals surface area contributed by atoms with E-state index in [9.17, 15) is 35.1 Å². The Balaban J connectivity index is 2.13. The SMILES string of the molecule is CC/C=C/CC/C=C/CC/C=C/C(O)C(COC1OC(CO)C(O)C(O)C1O)NC(=O)CCCCCCCCC/C=C\C/C=C\CCCCCOC(=O)CCCCCCC/C=C\C/C=C\CCCC. The van der Waals surface area contributed by atoms with E-state index in [4.69, 9.17) is 14.2 Å². The van der Waals surface area contributed by atoms with E-state index in [1.807, 2.05) is 6.08 Å². The van der Waals surface area contributed by atoms with Crippen molar-refractivity contribution >= 4 is 11.9 Å². The lowest BCUT2D eigenvalue weighted by Gasteiger charge is -2.40. The molecule has 0 saturated carbocycles. The molecule has 0 spiro atoms. The van der Waals surface area contributed by atoms with Crippen molar-refractivity contribution in [3.63, 3.8) is 0 Å². The summed E-state index contributed by atoms with van der Waals surface area (Å²) in [4.78, 5) is 25.0. The van der Waals surface area contributed by atoms with E-state index in [1.165, 1.54) is 51.4 Å². The van der Waals surface area contributed by atoms with Crippen molar-refractivity contribution in [3.8, 4) is 0 Å². The normalized spacial score (nSPS) is 20.0. The zero-order valence-electron chi connectivity index (χ0n) is 43.2. The minimum atomic E-state index is -1.59. The quantitative estimate of drug-likeness (QED) is 0.0196. The van der Waals surface area contributed by atoms with Crippen LogP contribution < -0.4 is 5.32 Å². The van der Waals surface area contributed by atoms with Crippen molar-refractivity contribution < 1.29 is 49.3 Å². The number of esters is 1. The number of ether oxygens (including phenoxy) is 3. The number of aliphatic hydroxyl groups excluding tert-OH is 5. The van der Waals surface area contributed by atoms with E-state index in [-0.39, 0.29) is 18.5 Å². The summed E-state index contributed by atoms with van der Waals surface area (Å²) in [5, 5.41) is 54.1. The van der Waals surface area contributed by atoms with E-state index in [0.29, 0.717) is 25.9 Å². The first-order valence-corrected chi connectivity index (χ1v) is 27.4. The molecule has 69 heavy (non-hydrogen) atoms. The van der Waals surface area contributed by atoms with Gasteiger partial charge in [0.2, 0.25) is 5.91 Å². The third-order valence-corrected chi connectivity index (χ3v) is 12.2. The van der Waals surface area contributed by atoms with Gasteiger partial charge in [-0.25, -0.2) is 0 Å². The molecule has 0 aromatic carbocycles. The number of rotatable bonds is 45. The van der Waals surface area contributed by atoms with Gasteiger partial charge in [0.15, 0.2) is 6.29 Å². The van der Waals surface area contributed by atoms with Crippen LogP contribution in [-0.4, -0.2) is 100 Å². The highest BCUT2D eigenvalue weighted by Crippen LogP contribution is 2.22. The van der Waals surface area contributed by atoms with Gasteiger partial charge in [0.05, 0.1) is 32.0 Å². The molecule has 1 fully saturated rings. The van der Waals surface area contributed by atoms with E-state index >= 15 is 0 Å². The Bertz CT molecular complexity index is 1420. The zero-order valence-corrected chi connectivity index (χ0v) is 43.2. The minimum absolute atomic E-state index is 0.0500. The van der Waals surface area contributed by atoms with Gasteiger partial charge in [0.25, 0.3) is 0 Å². The van der Waals surface area contributed by atoms with Gasteiger partial charge in [0.1, 0.15) is 24.4 Å². The number of hydrogen-bond acceptors (Lipinski definition) is 10. The van der Waals surface area contributed by atoms with Crippen molar-refractivity contribution in [2.45, 2.75) is 249 Å². The maximum absolute atomic E-state index is 13.0. The largest absolute Gasteiger partial charge is 0.466 e. The first-order chi connectivity index (χ1) is 33.7. The summed E-state index contributed by atoms with van der Waals surface area (Å²) in [7, 11) is 0. The maximum Gasteiger partial charge on any atom is 0.305 e. The van der Waals surface area contributed by atoms with Crippen LogP contribution in [-0.2, 0) is 23.8 Å². The molecule has 0 aromatic rings. The van der Waals surface area contributed by atoms with Gasteiger partial charge in [-0.2, -0.15) is 0 Å². The van der Waals surface area contributed by atoms with Crippen molar-refractivity contribution in [1.82, 2.24) is 5.32 Å². The molecule has 396 valence electrons. The Morgan fingerprint density at radius 3 is 1.58 bits per heavy atom. The number of allylic oxidation sites excluding steroid dienone is 13. The highest BCUT2D eigenvalue weighted by atomic mass is 16.7. The second-order valence-corrected chi connectivity index (χ2v) is 18.5. The first-order valence-electron chi connectivity index (χ1n) is 27.4. The van der Waals surface area contributed by atoms with E-state index in [1.54, 1.807) is 6.08 Å². The second kappa shape index (κ2) is 47.2. The van der Waals surface area contributed by atoms with Crippen LogP contribution in [0.15, 0.2) is 85.1 Å². The molecular weight excluding hydrogens is 871 g/mol. The van der Waals surface area contributed by atoms with E-state index in [0.717, 1.165) is 122 Å². The lowest BCUT2D eigenvalue weighted by Crippen LogP contribution is -2.60. The molecule has 1 saturated heterocycles. The second-order valence-electron chi connectivity index (χ2n) is 18.5. The number of carbonyl (C=O) groups is 2. The molecule has 1 rings (SSSR count). The number of unbranched alkanes of at least 4 members (excludes halogenated alkanes) is 19. The highest BCUT2D eigenvalue weighted by Gasteiger charge is 2.44. The van der Waals surface area contributed by atoms with Crippen molar-refractivity contribution in [2.75, 3.05) is 19.8 Å². The smallest absolute Gasteiger partial charge is 0.305 e. The molecule has 1 aliphatic rings. The number of carbonyl (C=O) groups excluding carboxylic acids is 2. The summed E-state index contributed by atoms with van der Waals surface area (Å²) in [6.07, 6.45) is 52.5. The molecule has 0 radical (unpaired) electrons. The topological polar surface area (TPSA) is 175 Å². The van der Waals surface area contributed by atoms with Gasteiger partial charge in [-0.15, -0.1) is 0 Å². The van der Waals surface area contributed by atoms with Crippen molar-refractivity contribution in [2.24, 2.45) is 0 Å². The Hall–Kier alpha value is -3.16. The standard InChI is InChI=1S/C58H99NO10/c1-3-5-7-9-11-13-15-16-23-26-30-34-38-42-46-54(63)67-47-43-39-35-31-27-24-21-19-17-18-20-22-25-29-33-37-41-45-53(62)59-50(49-68-58-57(66)56(65)55(64)52(48-60)69-58)51(61)44-40-36-32-28-14-12-10-8-6-4-2/h6,8-9,11,14-17,19,24,27-28,40,44,50-52,55-58,60-61,64-66H,3-5,7,10,12-13,18,20-23,25-26,29-39,41-43,45-49H2,1-2H3,(H,59,62)/b8-6+,11-9-,16-15-,19-17-,27-24-,28-14+,44-40+. The molecule has 0 bridgehead atoms. The predicted octanol–water partition coefficient (Wildman–Crippen LogP) is 11.8. The lowest BCUT2D eigenvalue weighted by atomic mass is 9.99. The summed E-state index contributed by atoms with van der Waals surface area (Å²) in [6.45, 7) is 4.07. The molecule has 1 aliphatic heterocycles. The Morgan fingerprint density at radius 1 is 0.551 bits per heavy atom.